The van der Waals surface area contributed by atoms with Crippen LogP contribution in [0.4, 0.5) is 18.3 Å². The second-order valence-corrected chi connectivity index (χ2v) is 5.16. The predicted molar refractivity (Wildman–Crippen MR) is 74.7 cm³/mol. The van der Waals surface area contributed by atoms with Crippen molar-refractivity contribution >= 4 is 22.4 Å². The lowest BCUT2D eigenvalue weighted by Gasteiger charge is -2.08. The van der Waals surface area contributed by atoms with Gasteiger partial charge in [0.05, 0.1) is 5.69 Å². The lowest BCUT2D eigenvalue weighted by atomic mass is 10.1. The maximum atomic E-state index is 12.0. The molecule has 1 aromatic carbocycles. The SMILES string of the molecule is Nc1nc(-c2ccc(CCNC(=O)C(F)(F)F)cc2)cs1. The number of aromatic nitrogens is 1. The van der Waals surface area contributed by atoms with Crippen molar-refractivity contribution in [2.75, 3.05) is 12.3 Å². The molecule has 0 unspecified atom stereocenters. The zero-order chi connectivity index (χ0) is 15.5. The van der Waals surface area contributed by atoms with E-state index in [9.17, 15) is 18.0 Å². The third kappa shape index (κ3) is 4.19. The predicted octanol–water partition coefficient (Wildman–Crippen LogP) is 2.61. The molecule has 0 fully saturated rings. The monoisotopic (exact) mass is 315 g/mol. The van der Waals surface area contributed by atoms with Crippen molar-refractivity contribution in [2.45, 2.75) is 12.6 Å². The molecule has 0 aliphatic heterocycles. The molecule has 8 heteroatoms. The highest BCUT2D eigenvalue weighted by Gasteiger charge is 2.38. The topological polar surface area (TPSA) is 68.0 Å². The van der Waals surface area contributed by atoms with Crippen LogP contribution in [0.5, 0.6) is 0 Å². The molecule has 0 saturated heterocycles. The molecular formula is C13H12F3N3OS. The van der Waals surface area contributed by atoms with Crippen LogP contribution in [0.1, 0.15) is 5.56 Å². The van der Waals surface area contributed by atoms with E-state index in [-0.39, 0.29) is 6.54 Å². The minimum atomic E-state index is -4.84. The van der Waals surface area contributed by atoms with Gasteiger partial charge in [-0.05, 0) is 12.0 Å². The van der Waals surface area contributed by atoms with Crippen molar-refractivity contribution < 1.29 is 18.0 Å². The van der Waals surface area contributed by atoms with Crippen molar-refractivity contribution in [3.05, 3.63) is 35.2 Å². The minimum absolute atomic E-state index is 0.0681. The van der Waals surface area contributed by atoms with Gasteiger partial charge in [0.25, 0.3) is 0 Å². The van der Waals surface area contributed by atoms with Crippen LogP contribution >= 0.6 is 11.3 Å². The molecule has 0 atom stereocenters. The standard InChI is InChI=1S/C13H12F3N3OS/c14-13(15,16)11(20)18-6-5-8-1-3-9(4-2-8)10-7-21-12(17)19-10/h1-4,7H,5-6H2,(H2,17,19)(H,18,20). The second-order valence-electron chi connectivity index (χ2n) is 4.27. The summed E-state index contributed by atoms with van der Waals surface area (Å²) < 4.78 is 36.0. The highest BCUT2D eigenvalue weighted by atomic mass is 32.1. The number of benzene rings is 1. The molecule has 21 heavy (non-hydrogen) atoms. The summed E-state index contributed by atoms with van der Waals surface area (Å²) in [5.74, 6) is -1.92. The number of nitrogens with zero attached hydrogens (tertiary/aromatic N) is 1. The molecule has 3 N–H and O–H groups in total. The van der Waals surface area contributed by atoms with Gasteiger partial charge in [0.2, 0.25) is 0 Å². The molecule has 4 nitrogen and oxygen atoms in total. The Balaban J connectivity index is 1.90. The van der Waals surface area contributed by atoms with Crippen molar-refractivity contribution in [2.24, 2.45) is 0 Å². The van der Waals surface area contributed by atoms with Crippen molar-refractivity contribution in [1.29, 1.82) is 0 Å². The normalized spacial score (nSPS) is 11.4. The maximum Gasteiger partial charge on any atom is 0.471 e. The summed E-state index contributed by atoms with van der Waals surface area (Å²) in [6.07, 6.45) is -4.52. The van der Waals surface area contributed by atoms with Gasteiger partial charge in [-0.25, -0.2) is 4.98 Å². The first-order valence-electron chi connectivity index (χ1n) is 6.01. The van der Waals surface area contributed by atoms with Crippen LogP contribution in [0, 0.1) is 0 Å². The Kier molecular flexibility index (Phi) is 4.46. The van der Waals surface area contributed by atoms with E-state index >= 15 is 0 Å². The zero-order valence-corrected chi connectivity index (χ0v) is 11.6. The Bertz CT molecular complexity index is 622. The average molecular weight is 315 g/mol. The third-order valence-electron chi connectivity index (χ3n) is 2.73. The quantitative estimate of drug-likeness (QED) is 0.911. The van der Waals surface area contributed by atoms with Crippen LogP contribution in [0.3, 0.4) is 0 Å². The first-order valence-corrected chi connectivity index (χ1v) is 6.89. The van der Waals surface area contributed by atoms with E-state index in [0.29, 0.717) is 11.6 Å². The molecule has 0 saturated carbocycles. The Morgan fingerprint density at radius 3 is 2.48 bits per heavy atom. The van der Waals surface area contributed by atoms with Crippen LogP contribution in [-0.4, -0.2) is 23.6 Å². The van der Waals surface area contributed by atoms with E-state index in [2.05, 4.69) is 4.98 Å². The summed E-state index contributed by atoms with van der Waals surface area (Å²) >= 11 is 1.34. The van der Waals surface area contributed by atoms with Gasteiger partial charge in [0.15, 0.2) is 5.13 Å². The molecular weight excluding hydrogens is 303 g/mol. The third-order valence-corrected chi connectivity index (χ3v) is 3.40. The summed E-state index contributed by atoms with van der Waals surface area (Å²) in [5, 5.41) is 4.13. The van der Waals surface area contributed by atoms with E-state index in [1.165, 1.54) is 11.3 Å². The van der Waals surface area contributed by atoms with Crippen LogP contribution in [0.15, 0.2) is 29.6 Å². The number of carbonyl (C=O) groups is 1. The fourth-order valence-electron chi connectivity index (χ4n) is 1.68. The van der Waals surface area contributed by atoms with Crippen molar-refractivity contribution in [3.63, 3.8) is 0 Å². The summed E-state index contributed by atoms with van der Waals surface area (Å²) in [6, 6.07) is 7.19. The Hall–Kier alpha value is -2.09. The Morgan fingerprint density at radius 2 is 1.95 bits per heavy atom. The number of nitrogens with one attached hydrogen (secondary N) is 1. The molecule has 112 valence electrons. The number of amides is 1. The van der Waals surface area contributed by atoms with Crippen LogP contribution in [-0.2, 0) is 11.2 Å². The highest BCUT2D eigenvalue weighted by molar-refractivity contribution is 7.13. The number of thiazole rings is 1. The van der Waals surface area contributed by atoms with Gasteiger partial charge in [-0.1, -0.05) is 24.3 Å². The molecule has 1 amide bonds. The summed E-state index contributed by atoms with van der Waals surface area (Å²) in [6.45, 7) is -0.0681. The van der Waals surface area contributed by atoms with Crippen LogP contribution in [0.25, 0.3) is 11.3 Å². The fraction of sp³-hybridized carbons (Fsp3) is 0.231. The lowest BCUT2D eigenvalue weighted by Crippen LogP contribution is -2.37. The summed E-state index contributed by atoms with van der Waals surface area (Å²) in [5.41, 5.74) is 8.01. The smallest absolute Gasteiger partial charge is 0.375 e. The highest BCUT2D eigenvalue weighted by Crippen LogP contribution is 2.23. The number of hydrogen-bond donors (Lipinski definition) is 2. The van der Waals surface area contributed by atoms with Crippen molar-refractivity contribution in [1.82, 2.24) is 10.3 Å². The van der Waals surface area contributed by atoms with E-state index in [1.54, 1.807) is 12.1 Å². The van der Waals surface area contributed by atoms with Gasteiger partial charge in [-0.3, -0.25) is 4.79 Å². The number of halogens is 3. The number of nitrogens with two attached hydrogens (primary N) is 1. The molecule has 2 aromatic rings. The van der Waals surface area contributed by atoms with Gasteiger partial charge in [0.1, 0.15) is 0 Å². The maximum absolute atomic E-state index is 12.0. The van der Waals surface area contributed by atoms with E-state index in [1.807, 2.05) is 22.8 Å². The second kappa shape index (κ2) is 6.13. The van der Waals surface area contributed by atoms with Crippen molar-refractivity contribution in [3.8, 4) is 11.3 Å². The van der Waals surface area contributed by atoms with Crippen LogP contribution < -0.4 is 11.1 Å². The molecule has 1 aromatic heterocycles. The molecule has 1 heterocycles. The summed E-state index contributed by atoms with van der Waals surface area (Å²) in [7, 11) is 0. The summed E-state index contributed by atoms with van der Waals surface area (Å²) in [4.78, 5) is 14.8. The van der Waals surface area contributed by atoms with Gasteiger partial charge in [0, 0.05) is 17.5 Å². The molecule has 0 radical (unpaired) electrons. The van der Waals surface area contributed by atoms with E-state index in [4.69, 9.17) is 5.73 Å². The minimum Gasteiger partial charge on any atom is -0.375 e. The number of anilines is 1. The fourth-order valence-corrected chi connectivity index (χ4v) is 2.26. The number of nitrogen functional groups attached to an aromatic ring is 1. The number of hydrogen-bond acceptors (Lipinski definition) is 4. The average Bonchev–Trinajstić information content (AvgIpc) is 2.85. The largest absolute Gasteiger partial charge is 0.471 e. The van der Waals surface area contributed by atoms with E-state index < -0.39 is 12.1 Å². The molecule has 0 aliphatic rings. The van der Waals surface area contributed by atoms with Gasteiger partial charge in [-0.2, -0.15) is 13.2 Å². The molecule has 0 spiro atoms. The molecule has 0 bridgehead atoms. The molecule has 2 rings (SSSR count). The van der Waals surface area contributed by atoms with E-state index in [0.717, 1.165) is 16.8 Å². The van der Waals surface area contributed by atoms with Gasteiger partial charge >= 0.3 is 12.1 Å². The number of carbonyl (C=O) groups excluding carboxylic acids is 1. The first kappa shape index (κ1) is 15.3. The number of rotatable bonds is 4. The van der Waals surface area contributed by atoms with Gasteiger partial charge < -0.3 is 11.1 Å². The van der Waals surface area contributed by atoms with Gasteiger partial charge in [-0.15, -0.1) is 11.3 Å². The Morgan fingerprint density at radius 1 is 1.29 bits per heavy atom. The number of alkyl halides is 3. The lowest BCUT2D eigenvalue weighted by molar-refractivity contribution is -0.173. The first-order chi connectivity index (χ1) is 9.86. The zero-order valence-electron chi connectivity index (χ0n) is 10.8. The van der Waals surface area contributed by atoms with Crippen LogP contribution in [0.2, 0.25) is 0 Å². The Labute approximate surface area is 122 Å². The molecule has 0 aliphatic carbocycles.